The molecule has 3 aliphatic heterocycles. The highest BCUT2D eigenvalue weighted by molar-refractivity contribution is 6.39. The number of methoxy groups -OCH3 is 2. The van der Waals surface area contributed by atoms with Gasteiger partial charge in [0, 0.05) is 51.4 Å². The monoisotopic (exact) mass is 914 g/mol. The second-order valence-electron chi connectivity index (χ2n) is 20.0. The molecule has 4 aliphatic rings. The first kappa shape index (κ1) is 54.2. The molecule has 0 aromatic carbocycles. The van der Waals surface area contributed by atoms with Crippen LogP contribution in [0.1, 0.15) is 132 Å². The highest BCUT2D eigenvalue weighted by Gasteiger charge is 2.53. The van der Waals surface area contributed by atoms with Crippen LogP contribution >= 0.6 is 0 Å². The fourth-order valence-corrected chi connectivity index (χ4v) is 10.1. The van der Waals surface area contributed by atoms with Gasteiger partial charge in [-0.3, -0.25) is 19.2 Å². The van der Waals surface area contributed by atoms with Crippen LogP contribution in [0.2, 0.25) is 0 Å². The minimum atomic E-state index is -2.50. The molecule has 0 aromatic heterocycles. The Morgan fingerprint density at radius 3 is 2.28 bits per heavy atom. The summed E-state index contributed by atoms with van der Waals surface area (Å²) in [6.07, 6.45) is 10.4. The molecular formula is C51H79NO13. The number of Topliss-reactive ketones (excluding diaryl/α,β-unsaturated/α-hetero) is 3. The fraction of sp³-hybridized carbons (Fsp3) is 0.745. The topological polar surface area (TPSA) is 206 Å². The zero-order chi connectivity index (χ0) is 48.4. The standard InChI is InChI=1S/C51H79NO13/c1-30-16-12-11-13-17-35(6)50(8,60)29-38-21-19-36(7)51(61,65-38)47(57)48(58)52-23-15-14-18-39(52)49(59)64-42(32(3)26-37-20-22-40(53)43(27-37)62-9)28-41(54)31(2)25-34(5)45(56)46(63-10)44(55)33(4)24-30/h11-13,16-17,25,30-33,36-40,42-43,45-46,53,56,60-61H,14-15,18-24,26-29H2,1-10H3/b13-11+,16-12+,34-25+,35-17+/t30-,31-,32-,33-,36-,37+,38+,39+,40-,42+,43-,45-,46+,50-,51-/m1/s1. The molecule has 2 bridgehead atoms. The van der Waals surface area contributed by atoms with Gasteiger partial charge in [-0.1, -0.05) is 71.1 Å². The maximum atomic E-state index is 14.3. The van der Waals surface area contributed by atoms with E-state index in [1.807, 2.05) is 32.1 Å². The minimum Gasteiger partial charge on any atom is -0.460 e. The first-order chi connectivity index (χ1) is 30.5. The van der Waals surface area contributed by atoms with E-state index in [0.29, 0.717) is 68.9 Å². The average molecular weight is 914 g/mol. The van der Waals surface area contributed by atoms with E-state index in [1.165, 1.54) is 7.11 Å². The normalized spacial score (nSPS) is 41.6. The minimum absolute atomic E-state index is 0.0118. The van der Waals surface area contributed by atoms with Gasteiger partial charge in [0.25, 0.3) is 11.7 Å². The number of nitrogens with zero attached hydrogens (tertiary/aromatic N) is 1. The van der Waals surface area contributed by atoms with E-state index in [1.54, 1.807) is 66.9 Å². The van der Waals surface area contributed by atoms with Gasteiger partial charge in [0.15, 0.2) is 5.78 Å². The molecule has 0 radical (unpaired) electrons. The van der Waals surface area contributed by atoms with E-state index in [-0.39, 0.29) is 61.2 Å². The van der Waals surface area contributed by atoms with Gasteiger partial charge in [0.1, 0.15) is 30.1 Å². The summed E-state index contributed by atoms with van der Waals surface area (Å²) in [4.78, 5) is 71.7. The van der Waals surface area contributed by atoms with Gasteiger partial charge < -0.3 is 44.3 Å². The number of amides is 1. The van der Waals surface area contributed by atoms with Crippen molar-refractivity contribution >= 4 is 29.2 Å². The number of ether oxygens (including phenoxy) is 4. The Balaban J connectivity index is 1.71. The summed E-state index contributed by atoms with van der Waals surface area (Å²) in [5.41, 5.74) is -0.414. The Morgan fingerprint density at radius 2 is 1.60 bits per heavy atom. The number of allylic oxidation sites excluding steroid dienone is 6. The molecule has 2 saturated heterocycles. The van der Waals surface area contributed by atoms with E-state index in [0.717, 1.165) is 4.90 Å². The van der Waals surface area contributed by atoms with Crippen molar-refractivity contribution in [3.05, 3.63) is 47.6 Å². The number of carbonyl (C=O) groups is 5. The highest BCUT2D eigenvalue weighted by atomic mass is 16.6. The van der Waals surface area contributed by atoms with Crippen molar-refractivity contribution in [2.24, 2.45) is 35.5 Å². The van der Waals surface area contributed by atoms with Crippen LogP contribution < -0.4 is 0 Å². The number of esters is 1. The number of fused-ring (bicyclic) bond motifs is 3. The van der Waals surface area contributed by atoms with Gasteiger partial charge in [-0.25, -0.2) is 4.79 Å². The van der Waals surface area contributed by atoms with Crippen LogP contribution in [0.3, 0.4) is 0 Å². The maximum absolute atomic E-state index is 14.3. The van der Waals surface area contributed by atoms with Crippen LogP contribution in [-0.2, 0) is 42.9 Å². The smallest absolute Gasteiger partial charge is 0.329 e. The van der Waals surface area contributed by atoms with Gasteiger partial charge >= 0.3 is 5.97 Å². The first-order valence-corrected chi connectivity index (χ1v) is 23.9. The van der Waals surface area contributed by atoms with Crippen LogP contribution in [-0.4, -0.2) is 129 Å². The maximum Gasteiger partial charge on any atom is 0.329 e. The Bertz CT molecular complexity index is 1790. The van der Waals surface area contributed by atoms with Gasteiger partial charge in [-0.2, -0.15) is 0 Å². The molecular weight excluding hydrogens is 835 g/mol. The highest BCUT2D eigenvalue weighted by Crippen LogP contribution is 2.39. The Labute approximate surface area is 386 Å². The van der Waals surface area contributed by atoms with Crippen molar-refractivity contribution in [2.75, 3.05) is 20.8 Å². The summed E-state index contributed by atoms with van der Waals surface area (Å²) >= 11 is 0. The summed E-state index contributed by atoms with van der Waals surface area (Å²) < 4.78 is 23.4. The summed E-state index contributed by atoms with van der Waals surface area (Å²) in [5.74, 6) is -8.30. The molecule has 3 heterocycles. The lowest BCUT2D eigenvalue weighted by molar-refractivity contribution is -0.267. The summed E-state index contributed by atoms with van der Waals surface area (Å²) in [6, 6.07) is -1.16. The predicted octanol–water partition coefficient (Wildman–Crippen LogP) is 5.92. The lowest BCUT2D eigenvalue weighted by Gasteiger charge is -2.43. The SMILES string of the molecule is CO[C@@H]1C[C@H](C[C@@H](C)[C@@H]2CC(=O)[C@H](C)/C=C(\C)[C@@H](O)[C@@H](OC)C(=O)[C@H](C)C[C@H](C)/C=C/C=C/C=C(\C)[C@](C)(O)C[C@@H]3CC[C@@H](C)[C@@](O)(O3)C(=O)C(=O)N3CCCC[C@H]3C(=O)O2)CC[C@H]1O. The van der Waals surface area contributed by atoms with E-state index >= 15 is 0 Å². The first-order valence-electron chi connectivity index (χ1n) is 23.9. The molecule has 4 N–H and O–H groups in total. The van der Waals surface area contributed by atoms with Crippen molar-refractivity contribution in [3.8, 4) is 0 Å². The number of rotatable bonds is 5. The van der Waals surface area contributed by atoms with Gasteiger partial charge in [0.05, 0.1) is 23.9 Å². The molecule has 4 rings (SSSR count). The quantitative estimate of drug-likeness (QED) is 0.144. The molecule has 0 aromatic rings. The molecule has 0 spiro atoms. The second-order valence-corrected chi connectivity index (χ2v) is 20.0. The second kappa shape index (κ2) is 24.1. The number of piperidine rings is 1. The van der Waals surface area contributed by atoms with Crippen molar-refractivity contribution in [1.82, 2.24) is 4.90 Å². The number of cyclic esters (lactones) is 1. The average Bonchev–Trinajstić information content (AvgIpc) is 3.26. The Hall–Kier alpha value is -3.37. The van der Waals surface area contributed by atoms with Crippen LogP contribution in [0.5, 0.6) is 0 Å². The predicted molar refractivity (Wildman–Crippen MR) is 245 cm³/mol. The van der Waals surface area contributed by atoms with Crippen LogP contribution in [0, 0.1) is 35.5 Å². The molecule has 14 heteroatoms. The van der Waals surface area contributed by atoms with Crippen LogP contribution in [0.25, 0.3) is 0 Å². The fourth-order valence-electron chi connectivity index (χ4n) is 10.1. The number of aliphatic hydroxyl groups excluding tert-OH is 2. The molecule has 1 saturated carbocycles. The molecule has 0 unspecified atom stereocenters. The van der Waals surface area contributed by atoms with E-state index in [4.69, 9.17) is 18.9 Å². The van der Waals surface area contributed by atoms with Gasteiger partial charge in [-0.05, 0) is 114 Å². The summed E-state index contributed by atoms with van der Waals surface area (Å²) in [6.45, 7) is 14.1. The molecule has 1 aliphatic carbocycles. The van der Waals surface area contributed by atoms with Crippen LogP contribution in [0.15, 0.2) is 47.6 Å². The van der Waals surface area contributed by atoms with E-state index in [9.17, 15) is 44.4 Å². The number of aliphatic hydroxyl groups is 4. The Kier molecular flexibility index (Phi) is 20.1. The summed E-state index contributed by atoms with van der Waals surface area (Å²) in [7, 11) is 2.93. The Morgan fingerprint density at radius 1 is 0.892 bits per heavy atom. The zero-order valence-corrected chi connectivity index (χ0v) is 40.6. The molecule has 14 nitrogen and oxygen atoms in total. The van der Waals surface area contributed by atoms with Crippen molar-refractivity contribution in [3.63, 3.8) is 0 Å². The third-order valence-electron chi connectivity index (χ3n) is 14.7. The number of carbonyl (C=O) groups excluding carboxylic acids is 5. The largest absolute Gasteiger partial charge is 0.460 e. The molecule has 3 fully saturated rings. The van der Waals surface area contributed by atoms with Crippen molar-refractivity contribution in [2.45, 2.75) is 186 Å². The lowest BCUT2D eigenvalue weighted by atomic mass is 9.78. The molecule has 65 heavy (non-hydrogen) atoms. The van der Waals surface area contributed by atoms with Gasteiger partial charge in [0.2, 0.25) is 5.79 Å². The van der Waals surface area contributed by atoms with Crippen molar-refractivity contribution in [1.29, 1.82) is 0 Å². The number of hydrogen-bond donors (Lipinski definition) is 4. The molecule has 366 valence electrons. The van der Waals surface area contributed by atoms with Crippen molar-refractivity contribution < 1.29 is 63.3 Å². The molecule has 1 amide bonds. The summed E-state index contributed by atoms with van der Waals surface area (Å²) in [5, 5.41) is 45.4. The van der Waals surface area contributed by atoms with E-state index in [2.05, 4.69) is 0 Å². The third-order valence-corrected chi connectivity index (χ3v) is 14.7. The number of ketones is 3. The van der Waals surface area contributed by atoms with Gasteiger partial charge in [-0.15, -0.1) is 0 Å². The molecule has 15 atom stereocenters. The number of hydrogen-bond acceptors (Lipinski definition) is 13. The van der Waals surface area contributed by atoms with Crippen LogP contribution in [0.4, 0.5) is 0 Å². The van der Waals surface area contributed by atoms with E-state index < -0.39 is 83.4 Å². The third kappa shape index (κ3) is 14.1. The zero-order valence-electron chi connectivity index (χ0n) is 40.6. The lowest BCUT2D eigenvalue weighted by Crippen LogP contribution is -2.61.